The second kappa shape index (κ2) is 4.55. The monoisotopic (exact) mass is 356 g/mol. The van der Waals surface area contributed by atoms with E-state index in [1.807, 2.05) is 0 Å². The standard InChI is InChI=1S/C16H12ClF3N2O2/c1-14(2)21-13(15-12(17)4-3-7-22(15)24-15)10-8-9(16(18,19)20)5-6-11(10)23-14/h3-8H,1-2H3. The number of alkyl halides is 3. The molecule has 1 saturated heterocycles. The van der Waals surface area contributed by atoms with E-state index in [4.69, 9.17) is 21.2 Å². The van der Waals surface area contributed by atoms with Crippen LogP contribution < -0.4 is 4.74 Å². The molecule has 126 valence electrons. The fourth-order valence-electron chi connectivity index (χ4n) is 2.85. The van der Waals surface area contributed by atoms with Crippen molar-refractivity contribution in [1.29, 1.82) is 0 Å². The van der Waals surface area contributed by atoms with Crippen molar-refractivity contribution in [2.75, 3.05) is 0 Å². The molecule has 8 heteroatoms. The Morgan fingerprint density at radius 3 is 2.67 bits per heavy atom. The largest absolute Gasteiger partial charge is 0.466 e. The van der Waals surface area contributed by atoms with Gasteiger partial charge in [0.05, 0.1) is 10.6 Å². The lowest BCUT2D eigenvalue weighted by atomic mass is 9.94. The molecule has 1 aromatic rings. The van der Waals surface area contributed by atoms with Crippen molar-refractivity contribution >= 4 is 17.3 Å². The van der Waals surface area contributed by atoms with Gasteiger partial charge in [0.2, 0.25) is 0 Å². The Bertz CT molecular complexity index is 829. The van der Waals surface area contributed by atoms with E-state index in [1.165, 1.54) is 11.1 Å². The molecule has 0 N–H and O–H groups in total. The summed E-state index contributed by atoms with van der Waals surface area (Å²) in [4.78, 5) is 10.0. The molecule has 3 aliphatic heterocycles. The number of benzene rings is 1. The number of hydroxylamine groups is 2. The van der Waals surface area contributed by atoms with Crippen LogP contribution in [-0.2, 0) is 11.0 Å². The molecule has 1 atom stereocenters. The van der Waals surface area contributed by atoms with Crippen molar-refractivity contribution in [1.82, 2.24) is 5.06 Å². The van der Waals surface area contributed by atoms with Gasteiger partial charge in [0.15, 0.2) is 5.72 Å². The number of halogens is 4. The number of allylic oxidation sites excluding steroid dienone is 2. The number of ether oxygens (including phenoxy) is 1. The van der Waals surface area contributed by atoms with Crippen LogP contribution in [0.4, 0.5) is 13.2 Å². The van der Waals surface area contributed by atoms with E-state index in [-0.39, 0.29) is 5.56 Å². The lowest BCUT2D eigenvalue weighted by Crippen LogP contribution is -2.40. The first-order chi connectivity index (χ1) is 11.1. The summed E-state index contributed by atoms with van der Waals surface area (Å²) in [6.07, 6.45) is 0.486. The summed E-state index contributed by atoms with van der Waals surface area (Å²) >= 11 is 6.29. The molecular formula is C16H12ClF3N2O2. The number of hydrogen-bond donors (Lipinski definition) is 0. The van der Waals surface area contributed by atoms with Gasteiger partial charge in [-0.15, -0.1) is 0 Å². The molecule has 0 aromatic heterocycles. The zero-order valence-electron chi connectivity index (χ0n) is 12.7. The van der Waals surface area contributed by atoms with Crippen LogP contribution in [0.15, 0.2) is 46.6 Å². The SMILES string of the molecule is CC1(C)N=C(C23ON2C=CC=C3Cl)c2cc(C(F)(F)F)ccc2O1. The van der Waals surface area contributed by atoms with Crippen LogP contribution in [0, 0.1) is 0 Å². The first kappa shape index (κ1) is 15.5. The van der Waals surface area contributed by atoms with Crippen molar-refractivity contribution in [3.8, 4) is 5.75 Å². The van der Waals surface area contributed by atoms with E-state index in [0.717, 1.165) is 12.1 Å². The third-order valence-corrected chi connectivity index (χ3v) is 4.30. The molecule has 0 aliphatic carbocycles. The van der Waals surface area contributed by atoms with Crippen molar-refractivity contribution in [2.24, 2.45) is 4.99 Å². The second-order valence-electron chi connectivity index (χ2n) is 6.14. The molecule has 0 amide bonds. The van der Waals surface area contributed by atoms with Gasteiger partial charge in [-0.25, -0.2) is 14.9 Å². The zero-order chi connectivity index (χ0) is 17.3. The summed E-state index contributed by atoms with van der Waals surface area (Å²) in [5.74, 6) is 0.307. The highest BCUT2D eigenvalue weighted by molar-refractivity contribution is 6.35. The third kappa shape index (κ3) is 2.15. The maximum Gasteiger partial charge on any atom is 0.416 e. The van der Waals surface area contributed by atoms with E-state index in [9.17, 15) is 13.2 Å². The van der Waals surface area contributed by atoms with Crippen LogP contribution in [0.3, 0.4) is 0 Å². The Kier molecular flexibility index (Phi) is 2.94. The van der Waals surface area contributed by atoms with Crippen LogP contribution in [-0.4, -0.2) is 22.2 Å². The minimum absolute atomic E-state index is 0.216. The van der Waals surface area contributed by atoms with Crippen LogP contribution in [0.25, 0.3) is 0 Å². The maximum atomic E-state index is 13.1. The minimum atomic E-state index is -4.47. The Balaban J connectivity index is 1.90. The Labute approximate surface area is 140 Å². The maximum absolute atomic E-state index is 13.1. The van der Waals surface area contributed by atoms with Gasteiger partial charge < -0.3 is 4.74 Å². The van der Waals surface area contributed by atoms with Gasteiger partial charge in [0.1, 0.15) is 11.5 Å². The second-order valence-corrected chi connectivity index (χ2v) is 6.54. The number of nitrogens with zero attached hydrogens (tertiary/aromatic N) is 2. The van der Waals surface area contributed by atoms with Crippen LogP contribution in [0.2, 0.25) is 0 Å². The van der Waals surface area contributed by atoms with Crippen LogP contribution in [0.5, 0.6) is 5.75 Å². The van der Waals surface area contributed by atoms with Crippen molar-refractivity contribution in [3.63, 3.8) is 0 Å². The third-order valence-electron chi connectivity index (χ3n) is 3.92. The predicted molar refractivity (Wildman–Crippen MR) is 81.4 cm³/mol. The minimum Gasteiger partial charge on any atom is -0.466 e. The fraction of sp³-hybridized carbons (Fsp3) is 0.312. The molecule has 3 heterocycles. The molecule has 0 bridgehead atoms. The van der Waals surface area contributed by atoms with Gasteiger partial charge >= 0.3 is 6.18 Å². The van der Waals surface area contributed by atoms with Gasteiger partial charge in [-0.1, -0.05) is 11.6 Å². The summed E-state index contributed by atoms with van der Waals surface area (Å²) in [5.41, 5.74) is -2.41. The fourth-order valence-corrected chi connectivity index (χ4v) is 3.13. The molecule has 3 aliphatic rings. The Morgan fingerprint density at radius 2 is 2.00 bits per heavy atom. The Morgan fingerprint density at radius 1 is 1.25 bits per heavy atom. The first-order valence-corrected chi connectivity index (χ1v) is 7.55. The average Bonchev–Trinajstić information content (AvgIpc) is 3.21. The van der Waals surface area contributed by atoms with Crippen molar-refractivity contribution < 1.29 is 22.7 Å². The van der Waals surface area contributed by atoms with Gasteiger partial charge in [-0.3, -0.25) is 0 Å². The highest BCUT2D eigenvalue weighted by Gasteiger charge is 2.63. The smallest absolute Gasteiger partial charge is 0.416 e. The molecule has 0 radical (unpaired) electrons. The van der Waals surface area contributed by atoms with E-state index in [2.05, 4.69) is 4.99 Å². The van der Waals surface area contributed by atoms with Crippen LogP contribution >= 0.6 is 11.6 Å². The molecule has 4 rings (SSSR count). The number of rotatable bonds is 1. The predicted octanol–water partition coefficient (Wildman–Crippen LogP) is 4.22. The summed E-state index contributed by atoms with van der Waals surface area (Å²) in [6, 6.07) is 3.30. The summed E-state index contributed by atoms with van der Waals surface area (Å²) < 4.78 is 45.0. The average molecular weight is 357 g/mol. The molecule has 1 fully saturated rings. The van der Waals surface area contributed by atoms with Crippen molar-refractivity contribution in [3.05, 3.63) is 52.7 Å². The molecule has 24 heavy (non-hydrogen) atoms. The summed E-state index contributed by atoms with van der Waals surface area (Å²) in [6.45, 7) is 3.43. The van der Waals surface area contributed by atoms with Gasteiger partial charge in [-0.05, 0) is 44.2 Å². The van der Waals surface area contributed by atoms with Gasteiger partial charge in [0.25, 0.3) is 5.72 Å². The van der Waals surface area contributed by atoms with Crippen molar-refractivity contribution in [2.45, 2.75) is 31.5 Å². The molecule has 0 spiro atoms. The molecule has 1 unspecified atom stereocenters. The van der Waals surface area contributed by atoms with E-state index in [0.29, 0.717) is 16.5 Å². The molecule has 4 nitrogen and oxygen atoms in total. The molecule has 1 aromatic carbocycles. The lowest BCUT2D eigenvalue weighted by Gasteiger charge is -2.32. The van der Waals surface area contributed by atoms with Crippen LogP contribution in [0.1, 0.15) is 25.0 Å². The van der Waals surface area contributed by atoms with E-state index >= 15 is 0 Å². The van der Waals surface area contributed by atoms with E-state index in [1.54, 1.807) is 32.2 Å². The zero-order valence-corrected chi connectivity index (χ0v) is 13.4. The number of fused-ring (bicyclic) bond motifs is 2. The molecule has 0 saturated carbocycles. The number of aliphatic imine (C=N–C) groups is 1. The topological polar surface area (TPSA) is 37.1 Å². The Hall–Kier alpha value is -1.99. The number of hydrogen-bond acceptors (Lipinski definition) is 4. The quantitative estimate of drug-likeness (QED) is 0.707. The summed E-state index contributed by atoms with van der Waals surface area (Å²) in [5, 5.41) is 1.78. The highest BCUT2D eigenvalue weighted by atomic mass is 35.5. The normalized spacial score (nSPS) is 26.8. The summed E-state index contributed by atoms with van der Waals surface area (Å²) in [7, 11) is 0. The van der Waals surface area contributed by atoms with E-state index < -0.39 is 23.2 Å². The van der Waals surface area contributed by atoms with Gasteiger partial charge in [0, 0.05) is 11.8 Å². The lowest BCUT2D eigenvalue weighted by molar-refractivity contribution is -0.137. The molecular weight excluding hydrogens is 345 g/mol. The first-order valence-electron chi connectivity index (χ1n) is 7.17. The highest BCUT2D eigenvalue weighted by Crippen LogP contribution is 2.51. The van der Waals surface area contributed by atoms with Gasteiger partial charge in [-0.2, -0.15) is 13.2 Å².